The van der Waals surface area contributed by atoms with Gasteiger partial charge in [-0.3, -0.25) is 4.90 Å². The molecule has 1 heterocycles. The van der Waals surface area contributed by atoms with Gasteiger partial charge in [-0.15, -0.1) is 0 Å². The molecule has 0 aromatic heterocycles. The summed E-state index contributed by atoms with van der Waals surface area (Å²) in [7, 11) is 0. The SMILES string of the molecule is N#CC1CCC(N2CCOCC2)CC1. The molecule has 2 fully saturated rings. The van der Waals surface area contributed by atoms with Crippen molar-refractivity contribution in [1.82, 2.24) is 4.90 Å². The zero-order chi connectivity index (χ0) is 9.80. The van der Waals surface area contributed by atoms with Gasteiger partial charge in [-0.2, -0.15) is 5.26 Å². The fraction of sp³-hybridized carbons (Fsp3) is 0.909. The van der Waals surface area contributed by atoms with Crippen molar-refractivity contribution in [2.75, 3.05) is 26.3 Å². The Bertz CT molecular complexity index is 210. The van der Waals surface area contributed by atoms with Crippen LogP contribution in [0, 0.1) is 17.2 Å². The molecular weight excluding hydrogens is 176 g/mol. The Morgan fingerprint density at radius 2 is 1.71 bits per heavy atom. The Hall–Kier alpha value is -0.590. The van der Waals surface area contributed by atoms with Gasteiger partial charge in [0.1, 0.15) is 0 Å². The molecule has 1 saturated carbocycles. The molecule has 78 valence electrons. The van der Waals surface area contributed by atoms with Gasteiger partial charge in [0.25, 0.3) is 0 Å². The second-order valence-corrected chi connectivity index (χ2v) is 4.28. The molecule has 0 unspecified atom stereocenters. The van der Waals surface area contributed by atoms with Gasteiger partial charge in [0.15, 0.2) is 0 Å². The van der Waals surface area contributed by atoms with E-state index < -0.39 is 0 Å². The minimum absolute atomic E-state index is 0.326. The first-order chi connectivity index (χ1) is 6.90. The molecule has 0 spiro atoms. The number of rotatable bonds is 1. The van der Waals surface area contributed by atoms with Crippen LogP contribution in [0.15, 0.2) is 0 Å². The molecule has 14 heavy (non-hydrogen) atoms. The van der Waals surface area contributed by atoms with Crippen LogP contribution in [0.5, 0.6) is 0 Å². The van der Waals surface area contributed by atoms with Gasteiger partial charge < -0.3 is 4.74 Å². The second kappa shape index (κ2) is 4.77. The van der Waals surface area contributed by atoms with Crippen LogP contribution in [0.1, 0.15) is 25.7 Å². The summed E-state index contributed by atoms with van der Waals surface area (Å²) in [6, 6.07) is 3.11. The molecule has 3 nitrogen and oxygen atoms in total. The lowest BCUT2D eigenvalue weighted by atomic mass is 9.86. The predicted molar refractivity (Wildman–Crippen MR) is 53.8 cm³/mol. The Morgan fingerprint density at radius 1 is 1.07 bits per heavy atom. The fourth-order valence-corrected chi connectivity index (χ4v) is 2.51. The van der Waals surface area contributed by atoms with Gasteiger partial charge >= 0.3 is 0 Å². The van der Waals surface area contributed by atoms with Crippen LogP contribution in [-0.4, -0.2) is 37.2 Å². The second-order valence-electron chi connectivity index (χ2n) is 4.28. The van der Waals surface area contributed by atoms with E-state index in [0.29, 0.717) is 5.92 Å². The average molecular weight is 194 g/mol. The number of hydrogen-bond donors (Lipinski definition) is 0. The summed E-state index contributed by atoms with van der Waals surface area (Å²) in [6.45, 7) is 3.94. The lowest BCUT2D eigenvalue weighted by molar-refractivity contribution is 0.00665. The highest BCUT2D eigenvalue weighted by Crippen LogP contribution is 2.27. The zero-order valence-corrected chi connectivity index (χ0v) is 8.61. The molecule has 2 rings (SSSR count). The van der Waals surface area contributed by atoms with Gasteiger partial charge in [-0.25, -0.2) is 0 Å². The van der Waals surface area contributed by atoms with Crippen molar-refractivity contribution in [2.45, 2.75) is 31.7 Å². The Labute approximate surface area is 85.6 Å². The number of nitrogens with zero attached hydrogens (tertiary/aromatic N) is 2. The zero-order valence-electron chi connectivity index (χ0n) is 8.61. The molecular formula is C11H18N2O. The predicted octanol–water partition coefficient (Wildman–Crippen LogP) is 1.40. The number of morpholine rings is 1. The van der Waals surface area contributed by atoms with Crippen LogP contribution < -0.4 is 0 Å². The third-order valence-electron chi connectivity index (χ3n) is 3.44. The topological polar surface area (TPSA) is 36.3 Å². The Morgan fingerprint density at radius 3 is 2.29 bits per heavy atom. The molecule has 0 aromatic rings. The van der Waals surface area contributed by atoms with Crippen LogP contribution in [-0.2, 0) is 4.74 Å². The Balaban J connectivity index is 1.79. The first kappa shape index (κ1) is 9.95. The van der Waals surface area contributed by atoms with Crippen molar-refractivity contribution in [3.63, 3.8) is 0 Å². The third-order valence-corrected chi connectivity index (χ3v) is 3.44. The van der Waals surface area contributed by atoms with Crippen molar-refractivity contribution in [1.29, 1.82) is 5.26 Å². The number of hydrogen-bond acceptors (Lipinski definition) is 3. The van der Waals surface area contributed by atoms with E-state index in [1.165, 1.54) is 12.8 Å². The molecule has 1 aliphatic carbocycles. The molecule has 0 atom stereocenters. The average Bonchev–Trinajstić information content (AvgIpc) is 2.30. The summed E-state index contributed by atoms with van der Waals surface area (Å²) in [5, 5.41) is 8.80. The maximum absolute atomic E-state index is 8.80. The minimum atomic E-state index is 0.326. The molecule has 3 heteroatoms. The Kier molecular flexibility index (Phi) is 3.39. The standard InChI is InChI=1S/C11H18N2O/c12-9-10-1-3-11(4-2-10)13-5-7-14-8-6-13/h10-11H,1-8H2. The van der Waals surface area contributed by atoms with E-state index in [1.54, 1.807) is 0 Å². The summed E-state index contributed by atoms with van der Waals surface area (Å²) < 4.78 is 5.34. The van der Waals surface area contributed by atoms with Crippen LogP contribution in [0.3, 0.4) is 0 Å². The van der Waals surface area contributed by atoms with Gasteiger partial charge in [-0.05, 0) is 25.7 Å². The lowest BCUT2D eigenvalue weighted by Crippen LogP contribution is -2.44. The molecule has 1 aliphatic heterocycles. The molecule has 2 aliphatic rings. The van der Waals surface area contributed by atoms with E-state index >= 15 is 0 Å². The summed E-state index contributed by atoms with van der Waals surface area (Å²) in [6.07, 6.45) is 4.60. The number of ether oxygens (including phenoxy) is 1. The summed E-state index contributed by atoms with van der Waals surface area (Å²) in [4.78, 5) is 2.54. The van der Waals surface area contributed by atoms with E-state index in [4.69, 9.17) is 10.00 Å². The summed E-state index contributed by atoms with van der Waals surface area (Å²) >= 11 is 0. The molecule has 0 N–H and O–H groups in total. The maximum atomic E-state index is 8.80. The van der Waals surface area contributed by atoms with E-state index in [-0.39, 0.29) is 0 Å². The molecule has 0 radical (unpaired) electrons. The fourth-order valence-electron chi connectivity index (χ4n) is 2.51. The molecule has 0 aromatic carbocycles. The van der Waals surface area contributed by atoms with Gasteiger partial charge in [0.05, 0.1) is 19.3 Å². The van der Waals surface area contributed by atoms with Crippen LogP contribution in [0.25, 0.3) is 0 Å². The largest absolute Gasteiger partial charge is 0.379 e. The highest BCUT2D eigenvalue weighted by molar-refractivity contribution is 4.90. The molecule has 0 amide bonds. The van der Waals surface area contributed by atoms with Crippen LogP contribution >= 0.6 is 0 Å². The molecule has 1 saturated heterocycles. The van der Waals surface area contributed by atoms with Crippen molar-refractivity contribution in [2.24, 2.45) is 5.92 Å². The van der Waals surface area contributed by atoms with E-state index in [2.05, 4.69) is 11.0 Å². The minimum Gasteiger partial charge on any atom is -0.379 e. The van der Waals surface area contributed by atoms with Crippen LogP contribution in [0.2, 0.25) is 0 Å². The highest BCUT2D eigenvalue weighted by Gasteiger charge is 2.26. The van der Waals surface area contributed by atoms with E-state index in [1.807, 2.05) is 0 Å². The monoisotopic (exact) mass is 194 g/mol. The third kappa shape index (κ3) is 2.26. The van der Waals surface area contributed by atoms with E-state index in [9.17, 15) is 0 Å². The molecule has 0 bridgehead atoms. The maximum Gasteiger partial charge on any atom is 0.0655 e. The highest BCUT2D eigenvalue weighted by atomic mass is 16.5. The van der Waals surface area contributed by atoms with Crippen molar-refractivity contribution >= 4 is 0 Å². The summed E-state index contributed by atoms with van der Waals surface area (Å²) in [5.41, 5.74) is 0. The first-order valence-electron chi connectivity index (χ1n) is 5.61. The van der Waals surface area contributed by atoms with Crippen molar-refractivity contribution < 1.29 is 4.74 Å². The summed E-state index contributed by atoms with van der Waals surface area (Å²) in [5.74, 6) is 0.326. The van der Waals surface area contributed by atoms with Crippen molar-refractivity contribution in [3.8, 4) is 6.07 Å². The lowest BCUT2D eigenvalue weighted by Gasteiger charge is -2.37. The van der Waals surface area contributed by atoms with Gasteiger partial charge in [-0.1, -0.05) is 0 Å². The smallest absolute Gasteiger partial charge is 0.0655 e. The normalized spacial score (nSPS) is 35.1. The first-order valence-corrected chi connectivity index (χ1v) is 5.61. The van der Waals surface area contributed by atoms with Crippen LogP contribution in [0.4, 0.5) is 0 Å². The van der Waals surface area contributed by atoms with Gasteiger partial charge in [0, 0.05) is 25.0 Å². The van der Waals surface area contributed by atoms with Gasteiger partial charge in [0.2, 0.25) is 0 Å². The van der Waals surface area contributed by atoms with E-state index in [0.717, 1.165) is 45.2 Å². The quantitative estimate of drug-likeness (QED) is 0.633. The van der Waals surface area contributed by atoms with Crippen molar-refractivity contribution in [3.05, 3.63) is 0 Å². The number of nitriles is 1.